The van der Waals surface area contributed by atoms with Crippen LogP contribution in [0.25, 0.3) is 0 Å². The minimum Gasteiger partial charge on any atom is -0.352 e. The van der Waals surface area contributed by atoms with Gasteiger partial charge in [0.15, 0.2) is 9.84 Å². The van der Waals surface area contributed by atoms with E-state index in [4.69, 9.17) is 5.73 Å². The number of hydrogen-bond acceptors (Lipinski definition) is 4. The predicted octanol–water partition coefficient (Wildman–Crippen LogP) is -0.0487. The number of carbonyl (C=O) groups excluding carboxylic acids is 1. The molecule has 0 aromatic heterocycles. The molecule has 0 spiro atoms. The Balaban J connectivity index is 1.82. The molecule has 0 aromatic carbocycles. The van der Waals surface area contributed by atoms with Crippen molar-refractivity contribution in [2.45, 2.75) is 50.1 Å². The van der Waals surface area contributed by atoms with E-state index in [1.165, 1.54) is 0 Å². The molecule has 0 radical (unpaired) electrons. The lowest BCUT2D eigenvalue weighted by Crippen LogP contribution is -2.52. The maximum atomic E-state index is 11.7. The Kier molecular flexibility index (Phi) is 3.45. The Morgan fingerprint density at radius 2 is 2.06 bits per heavy atom. The maximum Gasteiger partial charge on any atom is 0.222 e. The summed E-state index contributed by atoms with van der Waals surface area (Å²) in [7, 11) is -2.96. The molecule has 0 aromatic rings. The lowest BCUT2D eigenvalue weighted by molar-refractivity contribution is -0.123. The second-order valence-electron chi connectivity index (χ2n) is 5.41. The molecule has 1 heterocycles. The highest BCUT2D eigenvalue weighted by atomic mass is 32.2. The van der Waals surface area contributed by atoms with E-state index in [1.54, 1.807) is 0 Å². The molecule has 1 unspecified atom stereocenters. The fraction of sp³-hybridized carbons (Fsp3) is 0.909. The summed E-state index contributed by atoms with van der Waals surface area (Å²) in [5.74, 6) is 0.227. The van der Waals surface area contributed by atoms with Crippen molar-refractivity contribution in [2.24, 2.45) is 5.73 Å². The van der Waals surface area contributed by atoms with Crippen LogP contribution in [0.5, 0.6) is 0 Å². The molecule has 1 amide bonds. The van der Waals surface area contributed by atoms with Crippen molar-refractivity contribution >= 4 is 15.7 Å². The molecule has 1 saturated carbocycles. The standard InChI is InChI=1S/C11H20N2O3S/c12-11(4-2-5-11)7-10(14)13-9-3-1-6-17(15,16)8-9/h9H,1-8,12H2,(H,13,14). The van der Waals surface area contributed by atoms with Crippen molar-refractivity contribution < 1.29 is 13.2 Å². The Hall–Kier alpha value is -0.620. The van der Waals surface area contributed by atoms with Crippen LogP contribution in [0.2, 0.25) is 0 Å². The fourth-order valence-corrected chi connectivity index (χ4v) is 4.18. The average molecular weight is 260 g/mol. The van der Waals surface area contributed by atoms with Crippen molar-refractivity contribution in [1.82, 2.24) is 5.32 Å². The van der Waals surface area contributed by atoms with E-state index in [2.05, 4.69) is 5.32 Å². The molecule has 1 saturated heterocycles. The summed E-state index contributed by atoms with van der Waals surface area (Å²) in [6.45, 7) is 0. The topological polar surface area (TPSA) is 89.3 Å². The summed E-state index contributed by atoms with van der Waals surface area (Å²) >= 11 is 0. The lowest BCUT2D eigenvalue weighted by atomic mass is 9.75. The third-order valence-corrected chi connectivity index (χ3v) is 5.51. The summed E-state index contributed by atoms with van der Waals surface area (Å²) in [6.07, 6.45) is 4.58. The molecule has 5 nitrogen and oxygen atoms in total. The molecule has 1 aliphatic carbocycles. The van der Waals surface area contributed by atoms with Crippen molar-refractivity contribution in [2.75, 3.05) is 11.5 Å². The highest BCUT2D eigenvalue weighted by molar-refractivity contribution is 7.91. The molecule has 1 atom stereocenters. The third-order valence-electron chi connectivity index (χ3n) is 3.69. The van der Waals surface area contributed by atoms with Crippen LogP contribution in [-0.2, 0) is 14.6 Å². The van der Waals surface area contributed by atoms with Gasteiger partial charge in [-0.1, -0.05) is 0 Å². The number of carbonyl (C=O) groups is 1. The first-order valence-corrected chi connectivity index (χ1v) is 7.99. The molecule has 17 heavy (non-hydrogen) atoms. The average Bonchev–Trinajstić information content (AvgIpc) is 2.13. The van der Waals surface area contributed by atoms with E-state index in [1.807, 2.05) is 0 Å². The van der Waals surface area contributed by atoms with E-state index < -0.39 is 9.84 Å². The first-order chi connectivity index (χ1) is 7.89. The van der Waals surface area contributed by atoms with Gasteiger partial charge in [0, 0.05) is 18.0 Å². The van der Waals surface area contributed by atoms with Crippen LogP contribution in [0.3, 0.4) is 0 Å². The first kappa shape index (κ1) is 12.8. The van der Waals surface area contributed by atoms with E-state index >= 15 is 0 Å². The Labute approximate surface area is 102 Å². The summed E-state index contributed by atoms with van der Waals surface area (Å²) in [6, 6.07) is -0.218. The van der Waals surface area contributed by atoms with Gasteiger partial charge < -0.3 is 11.1 Å². The van der Waals surface area contributed by atoms with Crippen LogP contribution in [-0.4, -0.2) is 37.4 Å². The minimum absolute atomic E-state index is 0.0797. The van der Waals surface area contributed by atoms with Gasteiger partial charge in [0.2, 0.25) is 5.91 Å². The normalized spacial score (nSPS) is 30.3. The lowest BCUT2D eigenvalue weighted by Gasteiger charge is -2.38. The van der Waals surface area contributed by atoms with Gasteiger partial charge in [-0.25, -0.2) is 8.42 Å². The van der Waals surface area contributed by atoms with Gasteiger partial charge in [0.1, 0.15) is 0 Å². The second-order valence-corrected chi connectivity index (χ2v) is 7.64. The second kappa shape index (κ2) is 4.57. The predicted molar refractivity (Wildman–Crippen MR) is 65.2 cm³/mol. The largest absolute Gasteiger partial charge is 0.352 e. The van der Waals surface area contributed by atoms with Crippen molar-refractivity contribution in [3.8, 4) is 0 Å². The number of amides is 1. The van der Waals surface area contributed by atoms with Gasteiger partial charge >= 0.3 is 0 Å². The molecular weight excluding hydrogens is 240 g/mol. The van der Waals surface area contributed by atoms with E-state index in [0.717, 1.165) is 25.7 Å². The molecule has 2 fully saturated rings. The highest BCUT2D eigenvalue weighted by Crippen LogP contribution is 2.32. The molecular formula is C11H20N2O3S. The fourth-order valence-electron chi connectivity index (χ4n) is 2.54. The molecule has 2 aliphatic rings. The van der Waals surface area contributed by atoms with E-state index in [0.29, 0.717) is 12.8 Å². The molecule has 0 bridgehead atoms. The minimum atomic E-state index is -2.96. The Bertz CT molecular complexity index is 401. The highest BCUT2D eigenvalue weighted by Gasteiger charge is 2.35. The quantitative estimate of drug-likeness (QED) is 0.744. The van der Waals surface area contributed by atoms with Crippen LogP contribution < -0.4 is 11.1 Å². The van der Waals surface area contributed by atoms with E-state index in [-0.39, 0.29) is 29.0 Å². The van der Waals surface area contributed by atoms with Crippen LogP contribution in [0.4, 0.5) is 0 Å². The van der Waals surface area contributed by atoms with Gasteiger partial charge in [-0.05, 0) is 32.1 Å². The summed E-state index contributed by atoms with van der Waals surface area (Å²) in [5, 5.41) is 2.80. The molecule has 1 aliphatic heterocycles. The monoisotopic (exact) mass is 260 g/mol. The van der Waals surface area contributed by atoms with Crippen LogP contribution in [0.15, 0.2) is 0 Å². The van der Waals surface area contributed by atoms with Crippen LogP contribution in [0.1, 0.15) is 38.5 Å². The number of rotatable bonds is 3. The number of nitrogens with two attached hydrogens (primary N) is 1. The first-order valence-electron chi connectivity index (χ1n) is 6.17. The zero-order valence-corrected chi connectivity index (χ0v) is 10.8. The van der Waals surface area contributed by atoms with Crippen LogP contribution in [0, 0.1) is 0 Å². The van der Waals surface area contributed by atoms with Gasteiger partial charge in [-0.2, -0.15) is 0 Å². The Morgan fingerprint density at radius 3 is 2.59 bits per heavy atom. The summed E-state index contributed by atoms with van der Waals surface area (Å²) in [4.78, 5) is 11.7. The number of nitrogens with one attached hydrogen (secondary N) is 1. The molecule has 98 valence electrons. The van der Waals surface area contributed by atoms with Gasteiger partial charge in [-0.3, -0.25) is 4.79 Å². The zero-order valence-electron chi connectivity index (χ0n) is 9.94. The molecule has 6 heteroatoms. The molecule has 2 rings (SSSR count). The summed E-state index contributed by atoms with van der Waals surface area (Å²) in [5.41, 5.74) is 5.65. The Morgan fingerprint density at radius 1 is 1.35 bits per heavy atom. The van der Waals surface area contributed by atoms with Crippen molar-refractivity contribution in [1.29, 1.82) is 0 Å². The smallest absolute Gasteiger partial charge is 0.222 e. The zero-order chi connectivity index (χ0) is 12.5. The van der Waals surface area contributed by atoms with Gasteiger partial charge in [0.25, 0.3) is 0 Å². The van der Waals surface area contributed by atoms with Gasteiger partial charge in [0.05, 0.1) is 11.5 Å². The van der Waals surface area contributed by atoms with Crippen LogP contribution >= 0.6 is 0 Å². The van der Waals surface area contributed by atoms with Crippen molar-refractivity contribution in [3.05, 3.63) is 0 Å². The maximum absolute atomic E-state index is 11.7. The van der Waals surface area contributed by atoms with Gasteiger partial charge in [-0.15, -0.1) is 0 Å². The summed E-state index contributed by atoms with van der Waals surface area (Å²) < 4.78 is 22.8. The third kappa shape index (κ3) is 3.42. The number of sulfone groups is 1. The number of hydrogen-bond donors (Lipinski definition) is 2. The van der Waals surface area contributed by atoms with E-state index in [9.17, 15) is 13.2 Å². The SMILES string of the molecule is NC1(CC(=O)NC2CCCS(=O)(=O)C2)CCC1. The van der Waals surface area contributed by atoms with Crippen molar-refractivity contribution in [3.63, 3.8) is 0 Å². The molecule has 3 N–H and O–H groups in total.